The summed E-state index contributed by atoms with van der Waals surface area (Å²) in [5, 5.41) is 7.97. The van der Waals surface area contributed by atoms with Crippen molar-refractivity contribution >= 4 is 19.9 Å². The molecule has 1 heterocycles. The number of benzene rings is 1. The summed E-state index contributed by atoms with van der Waals surface area (Å²) < 4.78 is 58.9. The van der Waals surface area contributed by atoms with Crippen molar-refractivity contribution in [3.05, 3.63) is 29.6 Å². The molecule has 3 N–H and O–H groups in total. The minimum atomic E-state index is -3.51. The Kier molecular flexibility index (Phi) is 4.66. The number of nitrogens with one attached hydrogen (secondary N) is 1. The second-order valence-corrected chi connectivity index (χ2v) is 8.83. The van der Waals surface area contributed by atoms with Crippen LogP contribution in [0.4, 0.5) is 4.39 Å². The van der Waals surface area contributed by atoms with Gasteiger partial charge in [0.2, 0.25) is 10.0 Å². The van der Waals surface area contributed by atoms with Gasteiger partial charge in [-0.05, 0) is 43.1 Å². The first-order valence-corrected chi connectivity index (χ1v) is 9.82. The lowest BCUT2D eigenvalue weighted by atomic mass is 10.0. The molecule has 21 heavy (non-hydrogen) atoms. The average Bonchev–Trinajstić information content (AvgIpc) is 2.35. The van der Waals surface area contributed by atoms with Gasteiger partial charge in [-0.2, -0.15) is 0 Å². The number of nitrogens with two attached hydrogens (primary N) is 1. The van der Waals surface area contributed by atoms with E-state index in [0.717, 1.165) is 6.07 Å². The third kappa shape index (κ3) is 4.22. The molecule has 9 heteroatoms. The lowest BCUT2D eigenvalue weighted by Crippen LogP contribution is -2.31. The Morgan fingerprint density at radius 1 is 1.38 bits per heavy atom. The van der Waals surface area contributed by atoms with Gasteiger partial charge in [-0.1, -0.05) is 0 Å². The molecule has 0 aliphatic carbocycles. The van der Waals surface area contributed by atoms with Gasteiger partial charge in [0.05, 0.1) is 16.4 Å². The van der Waals surface area contributed by atoms with Crippen molar-refractivity contribution in [3.63, 3.8) is 0 Å². The van der Waals surface area contributed by atoms with Gasteiger partial charge in [0.1, 0.15) is 5.82 Å². The Hall–Kier alpha value is -1.03. The molecule has 1 aliphatic heterocycles. The monoisotopic (exact) mass is 336 g/mol. The van der Waals surface area contributed by atoms with E-state index >= 15 is 0 Å². The molecule has 0 amide bonds. The van der Waals surface area contributed by atoms with Crippen molar-refractivity contribution < 1.29 is 21.2 Å². The quantitative estimate of drug-likeness (QED) is 0.595. The number of rotatable bonds is 5. The van der Waals surface area contributed by atoms with Crippen LogP contribution in [0.1, 0.15) is 24.4 Å². The first-order valence-electron chi connectivity index (χ1n) is 6.45. The van der Waals surface area contributed by atoms with Crippen LogP contribution < -0.4 is 10.5 Å². The maximum absolute atomic E-state index is 13.3. The molecule has 1 aliphatic rings. The third-order valence-electron chi connectivity index (χ3n) is 3.35. The summed E-state index contributed by atoms with van der Waals surface area (Å²) in [6.07, 6.45) is 0.640. The predicted octanol–water partition coefficient (Wildman–Crippen LogP) is 0.312. The van der Waals surface area contributed by atoms with Crippen molar-refractivity contribution in [1.82, 2.24) is 5.32 Å². The van der Waals surface area contributed by atoms with Gasteiger partial charge in [-0.15, -0.1) is 0 Å². The molecule has 2 rings (SSSR count). The van der Waals surface area contributed by atoms with Crippen LogP contribution in [-0.4, -0.2) is 34.9 Å². The van der Waals surface area contributed by atoms with Gasteiger partial charge in [-0.25, -0.2) is 26.4 Å². The van der Waals surface area contributed by atoms with Gasteiger partial charge >= 0.3 is 0 Å². The highest BCUT2D eigenvalue weighted by molar-refractivity contribution is 7.91. The smallest absolute Gasteiger partial charge is 0.209 e. The summed E-state index contributed by atoms with van der Waals surface area (Å²) in [5.41, 5.74) is 0.400. The summed E-state index contributed by atoms with van der Waals surface area (Å²) in [5.74, 6) is -0.665. The normalized spacial score (nSPS) is 21.0. The molecule has 0 bridgehead atoms. The van der Waals surface area contributed by atoms with Gasteiger partial charge in [0, 0.05) is 6.04 Å². The Morgan fingerprint density at radius 3 is 2.76 bits per heavy atom. The summed E-state index contributed by atoms with van der Waals surface area (Å²) in [6, 6.07) is 3.31. The zero-order chi connectivity index (χ0) is 15.7. The summed E-state index contributed by atoms with van der Waals surface area (Å²) in [7, 11) is -6.88. The van der Waals surface area contributed by atoms with E-state index < -0.39 is 25.7 Å². The van der Waals surface area contributed by atoms with E-state index in [1.54, 1.807) is 0 Å². The molecule has 6 nitrogen and oxygen atoms in total. The van der Waals surface area contributed by atoms with Crippen LogP contribution >= 0.6 is 0 Å². The highest BCUT2D eigenvalue weighted by Gasteiger charge is 2.30. The van der Waals surface area contributed by atoms with Crippen molar-refractivity contribution in [1.29, 1.82) is 0 Å². The zero-order valence-corrected chi connectivity index (χ0v) is 12.9. The second kappa shape index (κ2) is 5.99. The van der Waals surface area contributed by atoms with E-state index in [4.69, 9.17) is 5.14 Å². The van der Waals surface area contributed by atoms with E-state index in [1.165, 1.54) is 12.1 Å². The number of halogens is 1. The lowest BCUT2D eigenvalue weighted by Gasteiger charge is -2.26. The number of hydrogen-bond donors (Lipinski definition) is 2. The van der Waals surface area contributed by atoms with Crippen LogP contribution in [0.25, 0.3) is 0 Å². The molecule has 1 aromatic rings. The van der Waals surface area contributed by atoms with Crippen molar-refractivity contribution in [2.24, 2.45) is 5.14 Å². The molecule has 1 unspecified atom stereocenters. The summed E-state index contributed by atoms with van der Waals surface area (Å²) >= 11 is 0. The van der Waals surface area contributed by atoms with E-state index in [0.29, 0.717) is 24.9 Å². The van der Waals surface area contributed by atoms with Crippen molar-refractivity contribution in [2.45, 2.75) is 23.8 Å². The Morgan fingerprint density at radius 2 is 2.10 bits per heavy atom. The molecular formula is C12H17FN2O4S2. The van der Waals surface area contributed by atoms with Crippen molar-refractivity contribution in [3.8, 4) is 0 Å². The summed E-state index contributed by atoms with van der Waals surface area (Å²) in [6.45, 7) is 0.358. The molecule has 118 valence electrons. The molecule has 0 fully saturated rings. The summed E-state index contributed by atoms with van der Waals surface area (Å²) in [4.78, 5) is 0.138. The molecule has 0 saturated carbocycles. The number of fused-ring (bicyclic) bond motifs is 1. The Balaban J connectivity index is 2.11. The van der Waals surface area contributed by atoms with E-state index in [2.05, 4.69) is 5.32 Å². The topological polar surface area (TPSA) is 106 Å². The fraction of sp³-hybridized carbons (Fsp3) is 0.500. The van der Waals surface area contributed by atoms with E-state index in [-0.39, 0.29) is 22.4 Å². The van der Waals surface area contributed by atoms with Crippen molar-refractivity contribution in [2.75, 3.05) is 18.1 Å². The van der Waals surface area contributed by atoms with Crippen LogP contribution in [-0.2, 0) is 19.9 Å². The fourth-order valence-electron chi connectivity index (χ4n) is 2.37. The molecule has 0 spiro atoms. The van der Waals surface area contributed by atoms with Crippen LogP contribution in [0.3, 0.4) is 0 Å². The lowest BCUT2D eigenvalue weighted by molar-refractivity contribution is 0.487. The highest BCUT2D eigenvalue weighted by Crippen LogP contribution is 2.32. The highest BCUT2D eigenvalue weighted by atomic mass is 32.2. The van der Waals surface area contributed by atoms with E-state index in [1.807, 2.05) is 0 Å². The first-order chi connectivity index (χ1) is 9.69. The second-order valence-electron chi connectivity index (χ2n) is 5.02. The molecule has 0 aromatic heterocycles. The number of primary sulfonamides is 1. The molecular weight excluding hydrogens is 319 g/mol. The van der Waals surface area contributed by atoms with Gasteiger partial charge in [0.25, 0.3) is 0 Å². The van der Waals surface area contributed by atoms with E-state index in [9.17, 15) is 21.2 Å². The third-order valence-corrected chi connectivity index (χ3v) is 6.03. The van der Waals surface area contributed by atoms with Gasteiger partial charge < -0.3 is 5.32 Å². The number of sulfone groups is 1. The maximum Gasteiger partial charge on any atom is 0.209 e. The van der Waals surface area contributed by atoms with Gasteiger partial charge in [-0.3, -0.25) is 0 Å². The van der Waals surface area contributed by atoms with Crippen LogP contribution in [0.2, 0.25) is 0 Å². The van der Waals surface area contributed by atoms with Gasteiger partial charge in [0.15, 0.2) is 9.84 Å². The van der Waals surface area contributed by atoms with Crippen LogP contribution in [0.5, 0.6) is 0 Å². The molecule has 1 aromatic carbocycles. The van der Waals surface area contributed by atoms with Crippen LogP contribution in [0.15, 0.2) is 23.1 Å². The Bertz CT molecular complexity index is 732. The molecule has 0 radical (unpaired) electrons. The molecule has 0 saturated heterocycles. The Labute approximate surface area is 123 Å². The fourth-order valence-corrected chi connectivity index (χ4v) is 4.52. The predicted molar refractivity (Wildman–Crippen MR) is 76.4 cm³/mol. The zero-order valence-electron chi connectivity index (χ0n) is 11.2. The SMILES string of the molecule is NS(=O)(=O)CCCNC1CCS(=O)(=O)c2ccc(F)cc21. The minimum Gasteiger partial charge on any atom is -0.310 e. The average molecular weight is 336 g/mol. The largest absolute Gasteiger partial charge is 0.310 e. The maximum atomic E-state index is 13.3. The molecule has 1 atom stereocenters. The van der Waals surface area contributed by atoms with Crippen LogP contribution in [0, 0.1) is 5.82 Å². The number of sulfonamides is 1. The first kappa shape index (κ1) is 16.3. The standard InChI is InChI=1S/C12H17FN2O4S2/c13-9-2-3-12-10(8-9)11(4-7-20(12,16)17)15-5-1-6-21(14,18)19/h2-3,8,11,15H,1,4-7H2,(H2,14,18,19). The minimum absolute atomic E-state index is 0.0154. The number of hydrogen-bond acceptors (Lipinski definition) is 5.